The highest BCUT2D eigenvalue weighted by Gasteiger charge is 2.21. The van der Waals surface area contributed by atoms with E-state index in [0.717, 1.165) is 67.9 Å². The number of carbonyl (C=O) groups is 1. The Bertz CT molecular complexity index is 1140. The Hall–Kier alpha value is -2.18. The van der Waals surface area contributed by atoms with Gasteiger partial charge in [0.05, 0.1) is 15.9 Å². The number of imidazole rings is 1. The van der Waals surface area contributed by atoms with E-state index in [1.54, 1.807) is 11.3 Å². The Morgan fingerprint density at radius 1 is 1.00 bits per heavy atom. The largest absolute Gasteiger partial charge is 0.339 e. The molecule has 1 aliphatic heterocycles. The fourth-order valence-electron chi connectivity index (χ4n) is 5.22. The smallest absolute Gasteiger partial charge is 0.253 e. The Labute approximate surface area is 227 Å². The Kier molecular flexibility index (Phi) is 9.83. The lowest BCUT2D eigenvalue weighted by Gasteiger charge is -2.26. The van der Waals surface area contributed by atoms with Crippen molar-refractivity contribution in [2.75, 3.05) is 32.7 Å². The Morgan fingerprint density at radius 2 is 1.70 bits per heavy atom. The maximum Gasteiger partial charge on any atom is 0.253 e. The van der Waals surface area contributed by atoms with E-state index in [0.29, 0.717) is 11.8 Å². The van der Waals surface area contributed by atoms with Crippen LogP contribution in [0.15, 0.2) is 29.6 Å². The van der Waals surface area contributed by atoms with Crippen LogP contribution in [0, 0.1) is 18.8 Å². The van der Waals surface area contributed by atoms with Crippen molar-refractivity contribution in [1.29, 1.82) is 0 Å². The van der Waals surface area contributed by atoms with Crippen molar-refractivity contribution in [1.82, 2.24) is 19.4 Å². The summed E-state index contributed by atoms with van der Waals surface area (Å²) in [6.45, 7) is 17.2. The SMILES string of the molecule is Cc1ccsc1-c1nc2ccc(C(=O)N(CCC(C)C)CCC(C)C)cc2n1CCCN1CCCCC1. The molecule has 1 amide bonds. The molecule has 6 heteroatoms. The van der Waals surface area contributed by atoms with Gasteiger partial charge in [-0.25, -0.2) is 4.98 Å². The molecule has 5 nitrogen and oxygen atoms in total. The number of amides is 1. The highest BCUT2D eigenvalue weighted by atomic mass is 32.1. The fourth-order valence-corrected chi connectivity index (χ4v) is 6.14. The van der Waals surface area contributed by atoms with Crippen LogP contribution in [0.1, 0.15) is 82.1 Å². The van der Waals surface area contributed by atoms with Crippen molar-refractivity contribution < 1.29 is 4.79 Å². The van der Waals surface area contributed by atoms with Gasteiger partial charge in [-0.15, -0.1) is 11.3 Å². The summed E-state index contributed by atoms with van der Waals surface area (Å²) in [4.78, 5) is 24.7. The molecule has 3 heterocycles. The van der Waals surface area contributed by atoms with Crippen LogP contribution < -0.4 is 0 Å². The van der Waals surface area contributed by atoms with Gasteiger partial charge < -0.3 is 14.4 Å². The van der Waals surface area contributed by atoms with Gasteiger partial charge in [0.1, 0.15) is 0 Å². The summed E-state index contributed by atoms with van der Waals surface area (Å²) in [5.41, 5.74) is 4.11. The number of likely N-dealkylation sites (tertiary alicyclic amines) is 1. The van der Waals surface area contributed by atoms with E-state index in [2.05, 4.69) is 72.6 Å². The van der Waals surface area contributed by atoms with Gasteiger partial charge in [-0.05, 0) is 106 Å². The van der Waals surface area contributed by atoms with Crippen LogP contribution >= 0.6 is 11.3 Å². The van der Waals surface area contributed by atoms with E-state index in [9.17, 15) is 4.79 Å². The van der Waals surface area contributed by atoms with Gasteiger partial charge in [0.15, 0.2) is 5.82 Å². The summed E-state index contributed by atoms with van der Waals surface area (Å²) >= 11 is 1.76. The second-order valence-corrected chi connectivity index (χ2v) is 12.6. The average Bonchev–Trinajstić information content (AvgIpc) is 3.46. The third-order valence-electron chi connectivity index (χ3n) is 7.61. The Balaban J connectivity index is 1.63. The molecule has 1 fully saturated rings. The van der Waals surface area contributed by atoms with Gasteiger partial charge in [0, 0.05) is 25.2 Å². The van der Waals surface area contributed by atoms with Gasteiger partial charge >= 0.3 is 0 Å². The highest BCUT2D eigenvalue weighted by Crippen LogP contribution is 2.32. The van der Waals surface area contributed by atoms with E-state index in [1.165, 1.54) is 42.8 Å². The molecule has 1 saturated heterocycles. The predicted molar refractivity (Wildman–Crippen MR) is 158 cm³/mol. The van der Waals surface area contributed by atoms with Crippen molar-refractivity contribution in [2.24, 2.45) is 11.8 Å². The maximum atomic E-state index is 13.7. The number of benzene rings is 1. The minimum absolute atomic E-state index is 0.151. The van der Waals surface area contributed by atoms with Crippen LogP contribution in [-0.2, 0) is 6.54 Å². The quantitative estimate of drug-likeness (QED) is 0.247. The molecule has 0 spiro atoms. The molecular weight excluding hydrogens is 476 g/mol. The second kappa shape index (κ2) is 13.1. The lowest BCUT2D eigenvalue weighted by molar-refractivity contribution is 0.0741. The van der Waals surface area contributed by atoms with Crippen molar-refractivity contribution in [3.8, 4) is 10.7 Å². The topological polar surface area (TPSA) is 41.4 Å². The van der Waals surface area contributed by atoms with Crippen molar-refractivity contribution in [3.63, 3.8) is 0 Å². The summed E-state index contributed by atoms with van der Waals surface area (Å²) in [6.07, 6.45) is 7.17. The van der Waals surface area contributed by atoms with Gasteiger partial charge in [0.25, 0.3) is 5.91 Å². The van der Waals surface area contributed by atoms with E-state index in [4.69, 9.17) is 4.98 Å². The zero-order valence-electron chi connectivity index (χ0n) is 23.6. The number of piperidine rings is 1. The van der Waals surface area contributed by atoms with Crippen LogP contribution in [0.3, 0.4) is 0 Å². The summed E-state index contributed by atoms with van der Waals surface area (Å²) < 4.78 is 2.38. The average molecular weight is 523 g/mol. The third-order valence-corrected chi connectivity index (χ3v) is 8.62. The first-order valence-electron chi connectivity index (χ1n) is 14.4. The number of thiophene rings is 1. The van der Waals surface area contributed by atoms with E-state index in [1.807, 2.05) is 6.07 Å². The molecule has 202 valence electrons. The number of nitrogens with zero attached hydrogens (tertiary/aromatic N) is 4. The number of rotatable bonds is 12. The highest BCUT2D eigenvalue weighted by molar-refractivity contribution is 7.13. The molecule has 3 aromatic rings. The first kappa shape index (κ1) is 27.8. The standard InChI is InChI=1S/C31H46N4OS/c1-23(2)12-19-34(20-13-24(3)4)31(36)26-10-11-27-28(22-26)35(18-9-17-33-15-7-6-8-16-33)30(32-27)29-25(5)14-21-37-29/h10-11,14,21-24H,6-9,12-13,15-20H2,1-5H3. The molecule has 37 heavy (non-hydrogen) atoms. The molecule has 0 atom stereocenters. The van der Waals surface area contributed by atoms with Crippen LogP contribution in [0.5, 0.6) is 0 Å². The molecular formula is C31H46N4OS. The molecule has 1 aliphatic rings. The molecule has 0 N–H and O–H groups in total. The maximum absolute atomic E-state index is 13.7. The monoisotopic (exact) mass is 522 g/mol. The molecule has 4 rings (SSSR count). The molecule has 0 unspecified atom stereocenters. The number of fused-ring (bicyclic) bond motifs is 1. The van der Waals surface area contributed by atoms with Gasteiger partial charge in [-0.3, -0.25) is 4.79 Å². The normalized spacial score (nSPS) is 14.8. The first-order valence-corrected chi connectivity index (χ1v) is 15.3. The Morgan fingerprint density at radius 3 is 2.32 bits per heavy atom. The van der Waals surface area contributed by atoms with Gasteiger partial charge in [-0.1, -0.05) is 34.1 Å². The number of carbonyl (C=O) groups excluding carboxylic acids is 1. The lowest BCUT2D eigenvalue weighted by Crippen LogP contribution is -2.34. The number of aromatic nitrogens is 2. The van der Waals surface area contributed by atoms with Crippen molar-refractivity contribution in [3.05, 3.63) is 40.8 Å². The summed E-state index contributed by atoms with van der Waals surface area (Å²) in [5.74, 6) is 2.35. The van der Waals surface area contributed by atoms with E-state index >= 15 is 0 Å². The zero-order valence-corrected chi connectivity index (χ0v) is 24.4. The van der Waals surface area contributed by atoms with Crippen LogP contribution in [0.2, 0.25) is 0 Å². The molecule has 0 bridgehead atoms. The summed E-state index contributed by atoms with van der Waals surface area (Å²) in [5, 5.41) is 2.15. The molecule has 0 saturated carbocycles. The lowest BCUT2D eigenvalue weighted by atomic mass is 10.1. The van der Waals surface area contributed by atoms with E-state index < -0.39 is 0 Å². The predicted octanol–water partition coefficient (Wildman–Crippen LogP) is 7.48. The van der Waals surface area contributed by atoms with Crippen LogP contribution in [-0.4, -0.2) is 58.0 Å². The van der Waals surface area contributed by atoms with Crippen molar-refractivity contribution in [2.45, 2.75) is 79.7 Å². The summed E-state index contributed by atoms with van der Waals surface area (Å²) in [6, 6.07) is 8.32. The van der Waals surface area contributed by atoms with Crippen LogP contribution in [0.4, 0.5) is 0 Å². The number of aryl methyl sites for hydroxylation is 2. The molecule has 0 aliphatic carbocycles. The number of hydrogen-bond acceptors (Lipinski definition) is 4. The molecule has 2 aromatic heterocycles. The van der Waals surface area contributed by atoms with Gasteiger partial charge in [0.2, 0.25) is 0 Å². The number of hydrogen-bond donors (Lipinski definition) is 0. The van der Waals surface area contributed by atoms with Gasteiger partial charge in [-0.2, -0.15) is 0 Å². The first-order chi connectivity index (χ1) is 17.8. The minimum Gasteiger partial charge on any atom is -0.339 e. The zero-order chi connectivity index (χ0) is 26.4. The fraction of sp³-hybridized carbons (Fsp3) is 0.613. The summed E-state index contributed by atoms with van der Waals surface area (Å²) in [7, 11) is 0. The third kappa shape index (κ3) is 7.23. The van der Waals surface area contributed by atoms with E-state index in [-0.39, 0.29) is 5.91 Å². The van der Waals surface area contributed by atoms with Crippen LogP contribution in [0.25, 0.3) is 21.7 Å². The molecule has 0 radical (unpaired) electrons. The minimum atomic E-state index is 0.151. The molecule has 1 aromatic carbocycles. The van der Waals surface area contributed by atoms with Crippen molar-refractivity contribution >= 4 is 28.3 Å². The second-order valence-electron chi connectivity index (χ2n) is 11.6.